The molecule has 0 unspecified atom stereocenters. The summed E-state index contributed by atoms with van der Waals surface area (Å²) in [5, 5.41) is 4.53. The van der Waals surface area contributed by atoms with E-state index in [0.717, 1.165) is 47.8 Å². The molecular weight excluding hydrogens is 328 g/mol. The number of methoxy groups -OCH3 is 1. The Bertz CT molecular complexity index is 914. The molecule has 0 radical (unpaired) electrons. The summed E-state index contributed by atoms with van der Waals surface area (Å²) < 4.78 is 7.33. The van der Waals surface area contributed by atoms with Crippen molar-refractivity contribution in [2.75, 3.05) is 12.4 Å². The lowest BCUT2D eigenvalue weighted by atomic mass is 9.92. The molecular formula is C19H24N6O. The van der Waals surface area contributed by atoms with Gasteiger partial charge in [0.2, 0.25) is 11.8 Å². The molecule has 4 rings (SSSR count). The quantitative estimate of drug-likeness (QED) is 0.750. The number of ether oxygens (including phenoxy) is 1. The highest BCUT2D eigenvalue weighted by Gasteiger charge is 2.19. The van der Waals surface area contributed by atoms with Crippen LogP contribution in [0.2, 0.25) is 0 Å². The molecule has 3 N–H and O–H groups in total. The Balaban J connectivity index is 1.65. The minimum atomic E-state index is 0.333. The highest BCUT2D eigenvalue weighted by molar-refractivity contribution is 5.95. The number of nitrogens with one attached hydrogen (secondary N) is 1. The van der Waals surface area contributed by atoms with Crippen LogP contribution in [0.5, 0.6) is 5.88 Å². The summed E-state index contributed by atoms with van der Waals surface area (Å²) in [7, 11) is 3.63. The van der Waals surface area contributed by atoms with E-state index < -0.39 is 0 Å². The predicted octanol–water partition coefficient (Wildman–Crippen LogP) is 2.72. The van der Waals surface area contributed by atoms with Crippen molar-refractivity contribution in [2.45, 2.75) is 37.8 Å². The second-order valence-corrected chi connectivity index (χ2v) is 6.92. The molecule has 0 aliphatic heterocycles. The van der Waals surface area contributed by atoms with E-state index in [1.807, 2.05) is 25.4 Å². The molecule has 3 aromatic rings. The number of hydrogen-bond donors (Lipinski definition) is 2. The van der Waals surface area contributed by atoms with E-state index in [-0.39, 0.29) is 0 Å². The summed E-state index contributed by atoms with van der Waals surface area (Å²) in [5.74, 6) is 1.26. The van der Waals surface area contributed by atoms with Crippen LogP contribution in [0.3, 0.4) is 0 Å². The van der Waals surface area contributed by atoms with Gasteiger partial charge in [0.05, 0.1) is 24.5 Å². The standard InChI is InChI=1S/C19H24N6O/c1-25-11-15(14-9-18(26-2)22-10-17(14)25)16-7-8-21-19(24-16)23-13-5-3-12(20)4-6-13/h7-13H,3-6,20H2,1-2H3,(H,21,23,24). The van der Waals surface area contributed by atoms with Gasteiger partial charge in [0.1, 0.15) is 0 Å². The van der Waals surface area contributed by atoms with Gasteiger partial charge in [0.15, 0.2) is 0 Å². The largest absolute Gasteiger partial charge is 0.481 e. The zero-order valence-electron chi connectivity index (χ0n) is 15.1. The van der Waals surface area contributed by atoms with Crippen LogP contribution >= 0.6 is 0 Å². The zero-order valence-corrected chi connectivity index (χ0v) is 15.1. The first-order valence-corrected chi connectivity index (χ1v) is 8.98. The molecule has 0 amide bonds. The molecule has 1 aliphatic carbocycles. The maximum Gasteiger partial charge on any atom is 0.223 e. The number of fused-ring (bicyclic) bond motifs is 1. The molecule has 3 aromatic heterocycles. The fourth-order valence-electron chi connectivity index (χ4n) is 3.60. The number of rotatable bonds is 4. The Morgan fingerprint density at radius 3 is 2.81 bits per heavy atom. The van der Waals surface area contributed by atoms with Crippen molar-refractivity contribution in [1.29, 1.82) is 0 Å². The third-order valence-corrected chi connectivity index (χ3v) is 5.10. The topological polar surface area (TPSA) is 90.9 Å². The Hall–Kier alpha value is -2.67. The molecule has 0 saturated heterocycles. The summed E-state index contributed by atoms with van der Waals surface area (Å²) in [6, 6.07) is 4.60. The van der Waals surface area contributed by atoms with Crippen LogP contribution in [-0.4, -0.2) is 38.7 Å². The molecule has 0 bridgehead atoms. The average molecular weight is 352 g/mol. The van der Waals surface area contributed by atoms with E-state index in [1.54, 1.807) is 13.3 Å². The van der Waals surface area contributed by atoms with Gasteiger partial charge in [0.25, 0.3) is 0 Å². The Morgan fingerprint density at radius 1 is 1.23 bits per heavy atom. The monoisotopic (exact) mass is 352 g/mol. The number of anilines is 1. The summed E-state index contributed by atoms with van der Waals surface area (Å²) in [6.07, 6.45) is 9.91. The SMILES string of the molecule is COc1cc2c(-c3ccnc(NC4CCC(N)CC4)n3)cn(C)c2cn1. The van der Waals surface area contributed by atoms with E-state index in [0.29, 0.717) is 23.9 Å². The van der Waals surface area contributed by atoms with Crippen molar-refractivity contribution in [3.05, 3.63) is 30.7 Å². The minimum absolute atomic E-state index is 0.333. The van der Waals surface area contributed by atoms with Gasteiger partial charge in [0, 0.05) is 48.5 Å². The van der Waals surface area contributed by atoms with Gasteiger partial charge in [-0.1, -0.05) is 0 Å². The normalized spacial score (nSPS) is 20.3. The molecule has 1 aliphatic rings. The maximum atomic E-state index is 5.99. The molecule has 1 fully saturated rings. The number of aryl methyl sites for hydroxylation is 1. The van der Waals surface area contributed by atoms with E-state index in [1.165, 1.54) is 0 Å². The minimum Gasteiger partial charge on any atom is -0.481 e. The number of aromatic nitrogens is 4. The molecule has 136 valence electrons. The molecule has 7 heteroatoms. The van der Waals surface area contributed by atoms with Gasteiger partial charge < -0.3 is 20.4 Å². The van der Waals surface area contributed by atoms with Gasteiger partial charge in [-0.05, 0) is 31.7 Å². The first-order chi connectivity index (χ1) is 12.6. The molecule has 1 saturated carbocycles. The smallest absolute Gasteiger partial charge is 0.223 e. The van der Waals surface area contributed by atoms with Crippen molar-refractivity contribution >= 4 is 16.9 Å². The second kappa shape index (κ2) is 6.92. The van der Waals surface area contributed by atoms with E-state index >= 15 is 0 Å². The highest BCUT2D eigenvalue weighted by atomic mass is 16.5. The van der Waals surface area contributed by atoms with Gasteiger partial charge in [-0.25, -0.2) is 15.0 Å². The summed E-state index contributed by atoms with van der Waals surface area (Å²) >= 11 is 0. The van der Waals surface area contributed by atoms with Crippen LogP contribution in [-0.2, 0) is 7.05 Å². The molecule has 3 heterocycles. The first-order valence-electron chi connectivity index (χ1n) is 8.98. The summed E-state index contributed by atoms with van der Waals surface area (Å²) in [4.78, 5) is 13.4. The fourth-order valence-corrected chi connectivity index (χ4v) is 3.60. The van der Waals surface area contributed by atoms with Crippen LogP contribution < -0.4 is 15.8 Å². The van der Waals surface area contributed by atoms with Crippen LogP contribution in [0.4, 0.5) is 5.95 Å². The number of nitrogens with zero attached hydrogens (tertiary/aromatic N) is 4. The van der Waals surface area contributed by atoms with Crippen LogP contribution in [0.15, 0.2) is 30.7 Å². The number of hydrogen-bond acceptors (Lipinski definition) is 6. The lowest BCUT2D eigenvalue weighted by Crippen LogP contribution is -2.33. The van der Waals surface area contributed by atoms with Crippen molar-refractivity contribution in [2.24, 2.45) is 12.8 Å². The Labute approximate surface area is 152 Å². The average Bonchev–Trinajstić information content (AvgIpc) is 3.00. The maximum absolute atomic E-state index is 5.99. The van der Waals surface area contributed by atoms with Crippen molar-refractivity contribution in [1.82, 2.24) is 19.5 Å². The fraction of sp³-hybridized carbons (Fsp3) is 0.421. The van der Waals surface area contributed by atoms with Crippen molar-refractivity contribution in [3.63, 3.8) is 0 Å². The van der Waals surface area contributed by atoms with Gasteiger partial charge in [-0.2, -0.15) is 0 Å². The van der Waals surface area contributed by atoms with E-state index in [2.05, 4.69) is 26.0 Å². The Morgan fingerprint density at radius 2 is 2.04 bits per heavy atom. The highest BCUT2D eigenvalue weighted by Crippen LogP contribution is 2.31. The first kappa shape index (κ1) is 16.8. The third-order valence-electron chi connectivity index (χ3n) is 5.10. The molecule has 26 heavy (non-hydrogen) atoms. The molecule has 0 aromatic carbocycles. The third kappa shape index (κ3) is 3.22. The zero-order chi connectivity index (χ0) is 18.1. The molecule has 0 spiro atoms. The van der Waals surface area contributed by atoms with Crippen molar-refractivity contribution < 1.29 is 4.74 Å². The van der Waals surface area contributed by atoms with Crippen LogP contribution in [0.1, 0.15) is 25.7 Å². The molecule has 0 atom stereocenters. The number of nitrogens with two attached hydrogens (primary N) is 1. The molecule has 7 nitrogen and oxygen atoms in total. The van der Waals surface area contributed by atoms with Gasteiger partial charge >= 0.3 is 0 Å². The van der Waals surface area contributed by atoms with Crippen LogP contribution in [0.25, 0.3) is 22.2 Å². The van der Waals surface area contributed by atoms with E-state index in [9.17, 15) is 0 Å². The van der Waals surface area contributed by atoms with E-state index in [4.69, 9.17) is 15.5 Å². The van der Waals surface area contributed by atoms with Crippen LogP contribution in [0, 0.1) is 0 Å². The van der Waals surface area contributed by atoms with Gasteiger partial charge in [-0.15, -0.1) is 0 Å². The number of pyridine rings is 1. The van der Waals surface area contributed by atoms with Gasteiger partial charge in [-0.3, -0.25) is 0 Å². The summed E-state index contributed by atoms with van der Waals surface area (Å²) in [6.45, 7) is 0. The predicted molar refractivity (Wildman–Crippen MR) is 102 cm³/mol. The Kier molecular flexibility index (Phi) is 4.46. The lowest BCUT2D eigenvalue weighted by molar-refractivity contribution is 0.398. The van der Waals surface area contributed by atoms with Crippen molar-refractivity contribution in [3.8, 4) is 17.1 Å². The lowest BCUT2D eigenvalue weighted by Gasteiger charge is -2.26. The summed E-state index contributed by atoms with van der Waals surface area (Å²) in [5.41, 5.74) is 8.95. The second-order valence-electron chi connectivity index (χ2n) is 6.92.